The second kappa shape index (κ2) is 10.0. The van der Waals surface area contributed by atoms with Crippen molar-refractivity contribution in [2.75, 3.05) is 19.4 Å². The molecule has 4 rings (SSSR count). The third kappa shape index (κ3) is 5.22. The quantitative estimate of drug-likeness (QED) is 0.343. The second-order valence-electron chi connectivity index (χ2n) is 9.97. The largest absolute Gasteiger partial charge is 0.363 e. The summed E-state index contributed by atoms with van der Waals surface area (Å²) in [5.41, 5.74) is 6.03. The molecule has 2 atom stereocenters. The average molecular weight is 488 g/mol. The van der Waals surface area contributed by atoms with Gasteiger partial charge < -0.3 is 10.2 Å². The maximum atomic E-state index is 12.4. The summed E-state index contributed by atoms with van der Waals surface area (Å²) in [5, 5.41) is 15.8. The van der Waals surface area contributed by atoms with E-state index in [1.54, 1.807) is 31.1 Å². The number of aromatic nitrogens is 2. The van der Waals surface area contributed by atoms with Crippen LogP contribution in [0.5, 0.6) is 0 Å². The van der Waals surface area contributed by atoms with Gasteiger partial charge in [0.05, 0.1) is 16.5 Å². The molecule has 8 heteroatoms. The Morgan fingerprint density at radius 2 is 1.89 bits per heavy atom. The van der Waals surface area contributed by atoms with Crippen molar-refractivity contribution in [3.8, 4) is 0 Å². The molecular weight excluding hydrogens is 454 g/mol. The van der Waals surface area contributed by atoms with Gasteiger partial charge in [0.15, 0.2) is 0 Å². The highest BCUT2D eigenvalue weighted by Crippen LogP contribution is 2.35. The third-order valence-electron chi connectivity index (χ3n) is 6.82. The van der Waals surface area contributed by atoms with E-state index >= 15 is 0 Å². The van der Waals surface area contributed by atoms with Crippen LogP contribution in [0.3, 0.4) is 0 Å². The Morgan fingerprint density at radius 1 is 1.14 bits per heavy atom. The lowest BCUT2D eigenvalue weighted by molar-refractivity contribution is -0.385. The van der Waals surface area contributed by atoms with Crippen LogP contribution in [-0.2, 0) is 4.79 Å². The van der Waals surface area contributed by atoms with Gasteiger partial charge in [0.25, 0.3) is 5.69 Å². The van der Waals surface area contributed by atoms with Gasteiger partial charge in [0.2, 0.25) is 5.91 Å². The predicted molar refractivity (Wildman–Crippen MR) is 143 cm³/mol. The van der Waals surface area contributed by atoms with E-state index in [0.29, 0.717) is 11.6 Å². The lowest BCUT2D eigenvalue weighted by atomic mass is 9.85. The number of benzene rings is 2. The normalized spacial score (nSPS) is 16.4. The number of allylic oxidation sites excluding steroid dienone is 2. The summed E-state index contributed by atoms with van der Waals surface area (Å²) >= 11 is 0. The highest BCUT2D eigenvalue weighted by atomic mass is 16.6. The molecule has 1 aromatic heterocycles. The van der Waals surface area contributed by atoms with Gasteiger partial charge in [-0.1, -0.05) is 12.1 Å². The first-order valence-electron chi connectivity index (χ1n) is 12.3. The Morgan fingerprint density at radius 3 is 2.53 bits per heavy atom. The zero-order valence-electron chi connectivity index (χ0n) is 21.8. The molecule has 0 radical (unpaired) electrons. The second-order valence-corrected chi connectivity index (χ2v) is 9.97. The van der Waals surface area contributed by atoms with Crippen LogP contribution in [0.1, 0.15) is 60.3 Å². The minimum absolute atomic E-state index is 0.0350. The molecule has 2 aromatic carbocycles. The molecule has 36 heavy (non-hydrogen) atoms. The van der Waals surface area contributed by atoms with Crippen molar-refractivity contribution in [1.82, 2.24) is 14.9 Å². The van der Waals surface area contributed by atoms with Crippen LogP contribution < -0.4 is 5.32 Å². The van der Waals surface area contributed by atoms with Gasteiger partial charge in [-0.05, 0) is 86.9 Å². The lowest BCUT2D eigenvalue weighted by Gasteiger charge is -2.24. The Bertz CT molecular complexity index is 1380. The van der Waals surface area contributed by atoms with Gasteiger partial charge in [-0.2, -0.15) is 0 Å². The predicted octanol–water partition coefficient (Wildman–Crippen LogP) is 5.91. The highest BCUT2D eigenvalue weighted by Gasteiger charge is 2.24. The molecule has 1 aliphatic rings. The summed E-state index contributed by atoms with van der Waals surface area (Å²) in [4.78, 5) is 34.4. The van der Waals surface area contributed by atoms with Crippen LogP contribution in [-0.4, -0.2) is 39.8 Å². The number of hydrogen-bond acceptors (Lipinski definition) is 6. The topological polar surface area (TPSA) is 101 Å². The van der Waals surface area contributed by atoms with E-state index < -0.39 is 0 Å². The van der Waals surface area contributed by atoms with Gasteiger partial charge in [0.1, 0.15) is 11.6 Å². The van der Waals surface area contributed by atoms with Crippen LogP contribution in [0.4, 0.5) is 11.5 Å². The first-order valence-corrected chi connectivity index (χ1v) is 12.3. The number of hydrogen-bond donors (Lipinski definition) is 1. The zero-order chi connectivity index (χ0) is 26.1. The summed E-state index contributed by atoms with van der Waals surface area (Å²) in [6.07, 6.45) is 4.60. The molecule has 0 spiro atoms. The number of carbonyl (C=O) groups is 1. The number of non-ortho nitro benzene ring substituents is 1. The maximum absolute atomic E-state index is 12.4. The van der Waals surface area contributed by atoms with Crippen LogP contribution in [0.25, 0.3) is 16.5 Å². The summed E-state index contributed by atoms with van der Waals surface area (Å²) in [5.74, 6) is 1.58. The number of nitrogens with one attached hydrogen (secondary N) is 1. The van der Waals surface area contributed by atoms with Crippen molar-refractivity contribution in [1.29, 1.82) is 0 Å². The van der Waals surface area contributed by atoms with E-state index in [2.05, 4.69) is 30.4 Å². The molecule has 1 N–H and O–H groups in total. The molecule has 1 unspecified atom stereocenters. The number of nitro benzene ring substituents is 1. The Hall–Kier alpha value is -3.81. The fraction of sp³-hybridized carbons (Fsp3) is 0.393. The highest BCUT2D eigenvalue weighted by molar-refractivity contribution is 5.94. The van der Waals surface area contributed by atoms with Crippen molar-refractivity contribution in [2.45, 2.75) is 53.0 Å². The molecule has 1 amide bonds. The van der Waals surface area contributed by atoms with Crippen LogP contribution in [0.15, 0.2) is 36.4 Å². The van der Waals surface area contributed by atoms with Crippen LogP contribution in [0, 0.1) is 36.8 Å². The van der Waals surface area contributed by atoms with Crippen molar-refractivity contribution < 1.29 is 9.72 Å². The number of nitro groups is 1. The fourth-order valence-electron chi connectivity index (χ4n) is 4.93. The molecule has 1 aliphatic carbocycles. The summed E-state index contributed by atoms with van der Waals surface area (Å²) in [6, 6.07) is 9.22. The van der Waals surface area contributed by atoms with E-state index in [4.69, 9.17) is 9.97 Å². The molecule has 188 valence electrons. The minimum Gasteiger partial charge on any atom is -0.363 e. The lowest BCUT2D eigenvalue weighted by Crippen LogP contribution is -2.30. The summed E-state index contributed by atoms with van der Waals surface area (Å²) in [6.45, 7) is 7.75. The first kappa shape index (κ1) is 25.3. The van der Waals surface area contributed by atoms with Crippen molar-refractivity contribution in [3.05, 3.63) is 74.6 Å². The summed E-state index contributed by atoms with van der Waals surface area (Å²) in [7, 11) is 3.61. The van der Waals surface area contributed by atoms with Gasteiger partial charge >= 0.3 is 0 Å². The molecular formula is C28H33N5O3. The van der Waals surface area contributed by atoms with E-state index in [-0.39, 0.29) is 28.5 Å². The number of carbonyl (C=O) groups excluding carboxylic acids is 1. The number of nitrogens with zero attached hydrogens (tertiary/aromatic N) is 4. The maximum Gasteiger partial charge on any atom is 0.270 e. The Balaban J connectivity index is 1.70. The SMILES string of the molecule is Cc1cc([C@@H](C)Nc2nc(C)nc3c(C)cc(C4=CCC(C(=O)N(C)C)CC4)cc23)cc([N+](=O)[O-])c1. The van der Waals surface area contributed by atoms with Gasteiger partial charge in [0, 0.05) is 37.5 Å². The summed E-state index contributed by atoms with van der Waals surface area (Å²) < 4.78 is 0. The molecule has 0 saturated heterocycles. The van der Waals surface area contributed by atoms with Gasteiger partial charge in [-0.15, -0.1) is 0 Å². The third-order valence-corrected chi connectivity index (χ3v) is 6.82. The smallest absolute Gasteiger partial charge is 0.270 e. The minimum atomic E-state index is -0.363. The average Bonchev–Trinajstić information content (AvgIpc) is 2.83. The zero-order valence-corrected chi connectivity index (χ0v) is 21.8. The van der Waals surface area contributed by atoms with E-state index in [0.717, 1.165) is 52.4 Å². The Kier molecular flexibility index (Phi) is 7.06. The van der Waals surface area contributed by atoms with E-state index in [1.165, 1.54) is 5.57 Å². The molecule has 8 nitrogen and oxygen atoms in total. The van der Waals surface area contributed by atoms with Gasteiger partial charge in [-0.3, -0.25) is 14.9 Å². The number of amides is 1. The van der Waals surface area contributed by atoms with Crippen molar-refractivity contribution in [3.63, 3.8) is 0 Å². The van der Waals surface area contributed by atoms with Crippen molar-refractivity contribution >= 4 is 33.9 Å². The van der Waals surface area contributed by atoms with E-state index in [1.807, 2.05) is 26.8 Å². The van der Waals surface area contributed by atoms with Crippen LogP contribution in [0.2, 0.25) is 0 Å². The number of aryl methyl sites for hydroxylation is 3. The number of fused-ring (bicyclic) bond motifs is 1. The molecule has 3 aromatic rings. The van der Waals surface area contributed by atoms with Crippen LogP contribution >= 0.6 is 0 Å². The van der Waals surface area contributed by atoms with Gasteiger partial charge in [-0.25, -0.2) is 9.97 Å². The number of rotatable bonds is 6. The molecule has 0 bridgehead atoms. The van der Waals surface area contributed by atoms with Crippen molar-refractivity contribution in [2.24, 2.45) is 5.92 Å². The Labute approximate surface area is 211 Å². The fourth-order valence-corrected chi connectivity index (χ4v) is 4.93. The molecule has 1 heterocycles. The first-order chi connectivity index (χ1) is 17.0. The van der Waals surface area contributed by atoms with E-state index in [9.17, 15) is 14.9 Å². The molecule has 0 saturated carbocycles. The monoisotopic (exact) mass is 487 g/mol. The number of anilines is 1. The molecule has 0 fully saturated rings. The standard InChI is InChI=1S/C28H33N5O3/c1-16-11-22(14-24(12-16)33(35)36)18(3)29-27-25-15-23(13-17(2)26(25)30-19(4)31-27)20-7-9-21(10-8-20)28(34)32(5)6/h7,11-15,18,21H,8-10H2,1-6H3,(H,29,30,31)/t18-,21?/m1/s1. The molecule has 0 aliphatic heterocycles.